The van der Waals surface area contributed by atoms with Crippen LogP contribution in [0.4, 0.5) is 0 Å². The summed E-state index contributed by atoms with van der Waals surface area (Å²) in [4.78, 5) is 19.4. The number of aromatic nitrogens is 2. The molecule has 0 spiro atoms. The van der Waals surface area contributed by atoms with Crippen molar-refractivity contribution in [2.45, 2.75) is 27.3 Å². The third-order valence-electron chi connectivity index (χ3n) is 3.98. The number of nitrogens with two attached hydrogens (primary N) is 1. The quantitative estimate of drug-likeness (QED) is 0.741. The topological polar surface area (TPSA) is 60.9 Å². The Balaban J connectivity index is 2.31. The van der Waals surface area contributed by atoms with E-state index in [-0.39, 0.29) is 17.1 Å². The van der Waals surface area contributed by atoms with E-state index in [1.807, 2.05) is 6.92 Å². The predicted molar refractivity (Wildman–Crippen MR) is 100 cm³/mol. The van der Waals surface area contributed by atoms with Crippen LogP contribution in [-0.2, 0) is 6.54 Å². The fourth-order valence-electron chi connectivity index (χ4n) is 2.66. The smallest absolute Gasteiger partial charge is 0.263 e. The van der Waals surface area contributed by atoms with E-state index in [4.69, 9.17) is 18.0 Å². The first-order valence-corrected chi connectivity index (χ1v) is 8.45. The maximum absolute atomic E-state index is 12.8. The van der Waals surface area contributed by atoms with Gasteiger partial charge in [0.05, 0.1) is 23.2 Å². The average Bonchev–Trinajstić information content (AvgIpc) is 2.82. The van der Waals surface area contributed by atoms with Crippen LogP contribution in [0.1, 0.15) is 16.0 Å². The normalized spacial score (nSPS) is 11.1. The van der Waals surface area contributed by atoms with Crippen molar-refractivity contribution >= 4 is 38.8 Å². The number of hydrogen-bond donors (Lipinski definition) is 1. The minimum atomic E-state index is -0.0969. The fraction of sp³-hybridized carbons (Fsp3) is 0.235. The van der Waals surface area contributed by atoms with Gasteiger partial charge in [-0.3, -0.25) is 9.36 Å². The highest BCUT2D eigenvalue weighted by Gasteiger charge is 2.17. The molecule has 118 valence electrons. The van der Waals surface area contributed by atoms with Crippen molar-refractivity contribution in [3.63, 3.8) is 0 Å². The van der Waals surface area contributed by atoms with Crippen LogP contribution < -0.4 is 11.3 Å². The van der Waals surface area contributed by atoms with E-state index in [9.17, 15) is 4.79 Å². The molecule has 3 rings (SSSR count). The molecule has 4 nitrogen and oxygen atoms in total. The fourth-order valence-corrected chi connectivity index (χ4v) is 3.80. The average molecular weight is 343 g/mol. The summed E-state index contributed by atoms with van der Waals surface area (Å²) in [7, 11) is 0. The molecule has 0 radical (unpaired) electrons. The summed E-state index contributed by atoms with van der Waals surface area (Å²) in [6, 6.07) is 6.26. The molecular formula is C17H17N3OS2. The first kappa shape index (κ1) is 15.8. The van der Waals surface area contributed by atoms with Gasteiger partial charge in [-0.05, 0) is 37.5 Å². The zero-order valence-corrected chi connectivity index (χ0v) is 14.8. The second-order valence-corrected chi connectivity index (χ2v) is 7.38. The lowest BCUT2D eigenvalue weighted by molar-refractivity contribution is 0.796. The highest BCUT2D eigenvalue weighted by molar-refractivity contribution is 7.80. The summed E-state index contributed by atoms with van der Waals surface area (Å²) < 4.78 is 1.47. The van der Waals surface area contributed by atoms with Crippen molar-refractivity contribution in [1.82, 2.24) is 9.55 Å². The molecule has 0 unspecified atom stereocenters. The Labute approximate surface area is 143 Å². The number of fused-ring (bicyclic) bond motifs is 1. The van der Waals surface area contributed by atoms with Crippen LogP contribution in [0.5, 0.6) is 0 Å². The van der Waals surface area contributed by atoms with Crippen molar-refractivity contribution in [3.05, 3.63) is 50.9 Å². The van der Waals surface area contributed by atoms with Crippen molar-refractivity contribution in [1.29, 1.82) is 0 Å². The zero-order chi connectivity index (χ0) is 16.7. The Kier molecular flexibility index (Phi) is 4.04. The van der Waals surface area contributed by atoms with Gasteiger partial charge in [0.15, 0.2) is 0 Å². The van der Waals surface area contributed by atoms with Gasteiger partial charge in [0.25, 0.3) is 5.56 Å². The highest BCUT2D eigenvalue weighted by Crippen LogP contribution is 2.36. The van der Waals surface area contributed by atoms with E-state index in [0.717, 1.165) is 20.8 Å². The molecule has 2 N–H and O–H groups in total. The Bertz CT molecular complexity index is 985. The summed E-state index contributed by atoms with van der Waals surface area (Å²) in [6.07, 6.45) is 1.52. The Morgan fingerprint density at radius 2 is 2.04 bits per heavy atom. The number of thiocarbonyl (C=S) groups is 1. The zero-order valence-electron chi connectivity index (χ0n) is 13.2. The molecule has 0 aliphatic carbocycles. The van der Waals surface area contributed by atoms with Crippen LogP contribution in [0.15, 0.2) is 29.3 Å². The van der Waals surface area contributed by atoms with E-state index in [0.29, 0.717) is 5.39 Å². The SMILES string of the molecule is Cc1ccc(-c2c(C)sc3ncn(CC(N)=S)c(=O)c23)cc1C. The molecule has 2 heterocycles. The standard InChI is InChI=1S/C17H17N3OS2/c1-9-4-5-12(6-10(9)2)14-11(3)23-16-15(14)17(21)20(8-19-16)7-13(18)22/h4-6,8H,7H2,1-3H3,(H2,18,22). The van der Waals surface area contributed by atoms with E-state index >= 15 is 0 Å². The van der Waals surface area contributed by atoms with Crippen molar-refractivity contribution in [3.8, 4) is 11.1 Å². The van der Waals surface area contributed by atoms with Crippen molar-refractivity contribution < 1.29 is 0 Å². The number of thiophene rings is 1. The number of hydrogen-bond acceptors (Lipinski definition) is 4. The molecule has 0 aliphatic rings. The number of rotatable bonds is 3. The number of aryl methyl sites for hydroxylation is 3. The van der Waals surface area contributed by atoms with Crippen LogP contribution in [0.25, 0.3) is 21.3 Å². The maximum Gasteiger partial charge on any atom is 0.263 e. The van der Waals surface area contributed by atoms with E-state index in [1.54, 1.807) is 0 Å². The second-order valence-electron chi connectivity index (χ2n) is 5.66. The molecule has 0 fully saturated rings. The molecule has 1 aromatic carbocycles. The van der Waals surface area contributed by atoms with E-state index < -0.39 is 0 Å². The molecule has 23 heavy (non-hydrogen) atoms. The summed E-state index contributed by atoms with van der Waals surface area (Å²) in [6.45, 7) is 6.38. The van der Waals surface area contributed by atoms with Gasteiger partial charge in [0.2, 0.25) is 0 Å². The molecule has 0 bridgehead atoms. The Hall–Kier alpha value is -2.05. The minimum Gasteiger partial charge on any atom is -0.392 e. The van der Waals surface area contributed by atoms with Gasteiger partial charge in [-0.1, -0.05) is 30.4 Å². The summed E-state index contributed by atoms with van der Waals surface area (Å²) in [5.41, 5.74) is 9.92. The lowest BCUT2D eigenvalue weighted by Crippen LogP contribution is -2.27. The van der Waals surface area contributed by atoms with Crippen LogP contribution in [0, 0.1) is 20.8 Å². The van der Waals surface area contributed by atoms with Crippen molar-refractivity contribution in [2.75, 3.05) is 0 Å². The molecule has 0 atom stereocenters. The van der Waals surface area contributed by atoms with Gasteiger partial charge in [0, 0.05) is 10.4 Å². The van der Waals surface area contributed by atoms with Crippen LogP contribution in [-0.4, -0.2) is 14.5 Å². The largest absolute Gasteiger partial charge is 0.392 e. The van der Waals surface area contributed by atoms with Gasteiger partial charge in [0.1, 0.15) is 4.83 Å². The van der Waals surface area contributed by atoms with Gasteiger partial charge in [-0.2, -0.15) is 0 Å². The molecule has 2 aromatic heterocycles. The van der Waals surface area contributed by atoms with E-state index in [1.165, 1.54) is 33.4 Å². The lowest BCUT2D eigenvalue weighted by Gasteiger charge is -2.07. The lowest BCUT2D eigenvalue weighted by atomic mass is 9.99. The molecule has 0 saturated carbocycles. The van der Waals surface area contributed by atoms with E-state index in [2.05, 4.69) is 37.0 Å². The molecule has 0 saturated heterocycles. The summed E-state index contributed by atoms with van der Waals surface area (Å²) in [5.74, 6) is 0. The monoisotopic (exact) mass is 343 g/mol. The number of nitrogens with zero attached hydrogens (tertiary/aromatic N) is 2. The molecule has 0 amide bonds. The van der Waals surface area contributed by atoms with Gasteiger partial charge in [-0.25, -0.2) is 4.98 Å². The molecular weight excluding hydrogens is 326 g/mol. The molecule has 6 heteroatoms. The summed E-state index contributed by atoms with van der Waals surface area (Å²) in [5, 5.41) is 0.648. The minimum absolute atomic E-state index is 0.0969. The van der Waals surface area contributed by atoms with Gasteiger partial charge < -0.3 is 5.73 Å². The molecule has 3 aromatic rings. The second kappa shape index (κ2) is 5.86. The highest BCUT2D eigenvalue weighted by atomic mass is 32.1. The predicted octanol–water partition coefficient (Wildman–Crippen LogP) is 3.34. The third kappa shape index (κ3) is 2.80. The molecule has 0 aliphatic heterocycles. The van der Waals surface area contributed by atoms with Crippen LogP contribution >= 0.6 is 23.6 Å². The Morgan fingerprint density at radius 3 is 2.70 bits per heavy atom. The number of benzene rings is 1. The van der Waals surface area contributed by atoms with Gasteiger partial charge >= 0.3 is 0 Å². The third-order valence-corrected chi connectivity index (χ3v) is 5.12. The van der Waals surface area contributed by atoms with Crippen LogP contribution in [0.2, 0.25) is 0 Å². The maximum atomic E-state index is 12.8. The first-order chi connectivity index (χ1) is 10.9. The summed E-state index contributed by atoms with van der Waals surface area (Å²) >= 11 is 6.45. The van der Waals surface area contributed by atoms with Crippen molar-refractivity contribution in [2.24, 2.45) is 5.73 Å². The van der Waals surface area contributed by atoms with Gasteiger partial charge in [-0.15, -0.1) is 11.3 Å². The first-order valence-electron chi connectivity index (χ1n) is 7.23. The van der Waals surface area contributed by atoms with Crippen LogP contribution in [0.3, 0.4) is 0 Å². The Morgan fingerprint density at radius 1 is 1.30 bits per heavy atom.